The van der Waals surface area contributed by atoms with Crippen LogP contribution in [0.25, 0.3) is 28.2 Å². The van der Waals surface area contributed by atoms with Gasteiger partial charge in [-0.2, -0.15) is 5.26 Å². The van der Waals surface area contributed by atoms with E-state index in [0.717, 1.165) is 16.7 Å². The number of hydrogen-bond donors (Lipinski definition) is 2. The fourth-order valence-electron chi connectivity index (χ4n) is 3.76. The van der Waals surface area contributed by atoms with E-state index < -0.39 is 0 Å². The maximum absolute atomic E-state index is 13.1. The van der Waals surface area contributed by atoms with E-state index in [2.05, 4.69) is 16.0 Å². The van der Waals surface area contributed by atoms with Crippen LogP contribution < -0.4 is 5.73 Å². The van der Waals surface area contributed by atoms with E-state index in [1.807, 2.05) is 54.8 Å². The molecule has 1 aromatic carbocycles. The van der Waals surface area contributed by atoms with Crippen molar-refractivity contribution in [2.45, 2.75) is 19.9 Å². The van der Waals surface area contributed by atoms with E-state index in [-0.39, 0.29) is 18.1 Å². The summed E-state index contributed by atoms with van der Waals surface area (Å²) >= 11 is 0. The van der Waals surface area contributed by atoms with Gasteiger partial charge in [0, 0.05) is 38.9 Å². The molecule has 0 aliphatic rings. The molecular formula is C25H31N7O2. The third-order valence-corrected chi connectivity index (χ3v) is 5.65. The summed E-state index contributed by atoms with van der Waals surface area (Å²) < 4.78 is 1.89. The third kappa shape index (κ3) is 5.25. The highest BCUT2D eigenvalue weighted by Crippen LogP contribution is 2.38. The molecule has 0 radical (unpaired) electrons. The van der Waals surface area contributed by atoms with Gasteiger partial charge in [0.05, 0.1) is 11.1 Å². The average Bonchev–Trinajstić information content (AvgIpc) is 3.13. The first kappa shape index (κ1) is 24.9. The van der Waals surface area contributed by atoms with Crippen LogP contribution in [0.1, 0.15) is 17.7 Å². The van der Waals surface area contributed by atoms with Crippen molar-refractivity contribution in [3.8, 4) is 17.2 Å². The number of fused-ring (bicyclic) bond motifs is 1. The predicted molar refractivity (Wildman–Crippen MR) is 134 cm³/mol. The minimum Gasteiger partial charge on any atom is -0.396 e. The molecule has 178 valence electrons. The molecule has 0 unspecified atom stereocenters. The molecule has 3 N–H and O–H groups in total. The third-order valence-electron chi connectivity index (χ3n) is 5.65. The number of aliphatic hydroxyl groups excluding tert-OH is 1. The first-order valence-electron chi connectivity index (χ1n) is 11.1. The summed E-state index contributed by atoms with van der Waals surface area (Å²) in [5.74, 6) is -0.0527. The number of carbonyl (C=O) groups excluding carboxylic acids is 1. The summed E-state index contributed by atoms with van der Waals surface area (Å²) in [6.45, 7) is 3.59. The van der Waals surface area contributed by atoms with Gasteiger partial charge in [0.25, 0.3) is 5.91 Å². The van der Waals surface area contributed by atoms with Gasteiger partial charge in [0.1, 0.15) is 29.4 Å². The van der Waals surface area contributed by atoms with Crippen LogP contribution in [0, 0.1) is 18.3 Å². The van der Waals surface area contributed by atoms with Crippen LogP contribution in [0.15, 0.2) is 36.2 Å². The summed E-state index contributed by atoms with van der Waals surface area (Å²) in [6.07, 6.45) is 3.47. The molecule has 34 heavy (non-hydrogen) atoms. The Morgan fingerprint density at radius 1 is 1.21 bits per heavy atom. The van der Waals surface area contributed by atoms with Crippen LogP contribution in [0.2, 0.25) is 0 Å². The molecule has 0 aliphatic carbocycles. The van der Waals surface area contributed by atoms with Crippen molar-refractivity contribution < 1.29 is 9.90 Å². The molecule has 3 rings (SSSR count). The van der Waals surface area contributed by atoms with Crippen LogP contribution in [0.3, 0.4) is 0 Å². The molecule has 0 atom stereocenters. The van der Waals surface area contributed by atoms with Crippen LogP contribution >= 0.6 is 0 Å². The van der Waals surface area contributed by atoms with Gasteiger partial charge in [-0.3, -0.25) is 4.79 Å². The first-order valence-corrected chi connectivity index (χ1v) is 11.1. The van der Waals surface area contributed by atoms with Gasteiger partial charge in [0.2, 0.25) is 0 Å². The van der Waals surface area contributed by atoms with Gasteiger partial charge in [-0.05, 0) is 39.1 Å². The Morgan fingerprint density at radius 3 is 2.53 bits per heavy atom. The van der Waals surface area contributed by atoms with Crippen LogP contribution in [-0.2, 0) is 11.3 Å². The SMILES string of the molecule is Cc1ccc(-c2c(C=C(C#N)C(=O)N(C)CCN(C)C)n(CCCO)c3ncnc(N)c23)cc1. The molecular weight excluding hydrogens is 430 g/mol. The van der Waals surface area contributed by atoms with E-state index >= 15 is 0 Å². The molecule has 0 fully saturated rings. The number of benzene rings is 1. The molecule has 3 aromatic rings. The Kier molecular flexibility index (Phi) is 7.99. The number of rotatable bonds is 9. The molecule has 9 heteroatoms. The topological polar surface area (TPSA) is 124 Å². The number of anilines is 1. The second-order valence-corrected chi connectivity index (χ2v) is 8.51. The van der Waals surface area contributed by atoms with E-state index in [1.165, 1.54) is 11.2 Å². The Morgan fingerprint density at radius 2 is 1.91 bits per heavy atom. The lowest BCUT2D eigenvalue weighted by Gasteiger charge is -2.19. The minimum atomic E-state index is -0.364. The predicted octanol–water partition coefficient (Wildman–Crippen LogP) is 2.30. The molecule has 0 saturated carbocycles. The van der Waals surface area contributed by atoms with E-state index in [9.17, 15) is 15.2 Å². The maximum Gasteiger partial charge on any atom is 0.264 e. The number of aromatic nitrogens is 3. The highest BCUT2D eigenvalue weighted by molar-refractivity contribution is 6.08. The van der Waals surface area contributed by atoms with E-state index in [4.69, 9.17) is 5.73 Å². The van der Waals surface area contributed by atoms with Gasteiger partial charge in [-0.15, -0.1) is 0 Å². The van der Waals surface area contributed by atoms with Crippen molar-refractivity contribution in [1.29, 1.82) is 5.26 Å². The lowest BCUT2D eigenvalue weighted by atomic mass is 10.00. The van der Waals surface area contributed by atoms with E-state index in [0.29, 0.717) is 48.6 Å². The number of likely N-dealkylation sites (N-methyl/N-ethyl adjacent to an activating group) is 2. The molecule has 2 heterocycles. The Balaban J connectivity index is 2.26. The van der Waals surface area contributed by atoms with Gasteiger partial charge >= 0.3 is 0 Å². The molecule has 0 saturated heterocycles. The summed E-state index contributed by atoms with van der Waals surface area (Å²) in [4.78, 5) is 25.3. The Bertz CT molecular complexity index is 1240. The van der Waals surface area contributed by atoms with Crippen molar-refractivity contribution in [3.63, 3.8) is 0 Å². The highest BCUT2D eigenvalue weighted by Gasteiger charge is 2.23. The minimum absolute atomic E-state index is 0.00852. The van der Waals surface area contributed by atoms with Crippen molar-refractivity contribution in [2.24, 2.45) is 0 Å². The number of aliphatic hydroxyl groups is 1. The number of nitrogen functional groups attached to an aromatic ring is 1. The number of hydrogen-bond acceptors (Lipinski definition) is 7. The number of nitrogens with two attached hydrogens (primary N) is 1. The molecule has 0 bridgehead atoms. The quantitative estimate of drug-likeness (QED) is 0.370. The fourth-order valence-corrected chi connectivity index (χ4v) is 3.76. The number of aryl methyl sites for hydroxylation is 2. The van der Waals surface area contributed by atoms with Crippen molar-refractivity contribution in [2.75, 3.05) is 46.6 Å². The monoisotopic (exact) mass is 461 g/mol. The fraction of sp³-hybridized carbons (Fsp3) is 0.360. The molecule has 2 aromatic heterocycles. The second-order valence-electron chi connectivity index (χ2n) is 8.51. The van der Waals surface area contributed by atoms with Gasteiger partial charge < -0.3 is 25.2 Å². The van der Waals surface area contributed by atoms with Gasteiger partial charge in [-0.25, -0.2) is 9.97 Å². The number of nitriles is 1. The van der Waals surface area contributed by atoms with Crippen molar-refractivity contribution in [1.82, 2.24) is 24.3 Å². The zero-order valence-electron chi connectivity index (χ0n) is 20.1. The largest absolute Gasteiger partial charge is 0.396 e. The van der Waals surface area contributed by atoms with Gasteiger partial charge in [0.15, 0.2) is 0 Å². The highest BCUT2D eigenvalue weighted by atomic mass is 16.3. The normalized spacial score (nSPS) is 11.7. The van der Waals surface area contributed by atoms with Crippen molar-refractivity contribution >= 4 is 28.8 Å². The second kappa shape index (κ2) is 10.9. The van der Waals surface area contributed by atoms with Crippen LogP contribution in [0.5, 0.6) is 0 Å². The molecule has 0 aliphatic heterocycles. The molecule has 9 nitrogen and oxygen atoms in total. The summed E-state index contributed by atoms with van der Waals surface area (Å²) in [5, 5.41) is 20.0. The zero-order valence-corrected chi connectivity index (χ0v) is 20.1. The average molecular weight is 462 g/mol. The van der Waals surface area contributed by atoms with Crippen LogP contribution in [0.4, 0.5) is 5.82 Å². The maximum atomic E-state index is 13.1. The van der Waals surface area contributed by atoms with E-state index in [1.54, 1.807) is 13.1 Å². The van der Waals surface area contributed by atoms with Crippen molar-refractivity contribution in [3.05, 3.63) is 47.4 Å². The number of amides is 1. The number of carbonyl (C=O) groups is 1. The smallest absolute Gasteiger partial charge is 0.264 e. The summed E-state index contributed by atoms with van der Waals surface area (Å²) in [7, 11) is 5.54. The molecule has 0 spiro atoms. The first-order chi connectivity index (χ1) is 16.3. The Hall–Kier alpha value is -3.74. The summed E-state index contributed by atoms with van der Waals surface area (Å²) in [6, 6.07) is 10.0. The standard InChI is InChI=1S/C25H31N7O2/c1-17-6-8-18(9-7-17)21-20(14-19(15-26)25(34)31(4)12-11-30(2)3)32(10-5-13-33)24-22(21)23(27)28-16-29-24/h6-9,14,16,33H,5,10-13H2,1-4H3,(H2,27,28,29). The van der Waals surface area contributed by atoms with Gasteiger partial charge in [-0.1, -0.05) is 29.8 Å². The number of nitrogens with zero attached hydrogens (tertiary/aromatic N) is 6. The summed E-state index contributed by atoms with van der Waals surface area (Å²) in [5.41, 5.74) is 10.3. The Labute approximate surface area is 199 Å². The van der Waals surface area contributed by atoms with Crippen LogP contribution in [-0.4, -0.2) is 76.2 Å². The lowest BCUT2D eigenvalue weighted by molar-refractivity contribution is -0.125. The zero-order chi connectivity index (χ0) is 24.8. The molecule has 1 amide bonds. The lowest BCUT2D eigenvalue weighted by Crippen LogP contribution is -2.34.